The molecule has 8 heteroatoms. The third kappa shape index (κ3) is 6.76. The molecule has 0 unspecified atom stereocenters. The van der Waals surface area contributed by atoms with Crippen LogP contribution in [0, 0.1) is 11.3 Å². The van der Waals surface area contributed by atoms with Gasteiger partial charge in [0.15, 0.2) is 0 Å². The second kappa shape index (κ2) is 12.9. The molecular formula is C30H31N3O5. The number of amides is 1. The third-order valence-electron chi connectivity index (χ3n) is 6.61. The monoisotopic (exact) mass is 513 g/mol. The maximum Gasteiger partial charge on any atom is 0.337 e. The number of methoxy groups -OCH3 is 2. The van der Waals surface area contributed by atoms with Gasteiger partial charge in [-0.05, 0) is 53.6 Å². The van der Waals surface area contributed by atoms with Gasteiger partial charge in [0.2, 0.25) is 0 Å². The average Bonchev–Trinajstić information content (AvgIpc) is 2.99. The third-order valence-corrected chi connectivity index (χ3v) is 6.61. The summed E-state index contributed by atoms with van der Waals surface area (Å²) in [7, 11) is 3.00. The van der Waals surface area contributed by atoms with Crippen LogP contribution in [0.4, 0.5) is 0 Å². The van der Waals surface area contributed by atoms with Crippen molar-refractivity contribution in [2.45, 2.75) is 12.7 Å². The van der Waals surface area contributed by atoms with Crippen LogP contribution in [0.3, 0.4) is 0 Å². The number of nitriles is 1. The van der Waals surface area contributed by atoms with E-state index in [0.717, 1.165) is 16.9 Å². The lowest BCUT2D eigenvalue weighted by molar-refractivity contribution is 0.00331. The highest BCUT2D eigenvalue weighted by Crippen LogP contribution is 2.25. The number of piperazine rings is 1. The highest BCUT2D eigenvalue weighted by molar-refractivity contribution is 5.94. The Bertz CT molecular complexity index is 1290. The summed E-state index contributed by atoms with van der Waals surface area (Å²) >= 11 is 0. The van der Waals surface area contributed by atoms with Gasteiger partial charge < -0.3 is 19.1 Å². The Balaban J connectivity index is 1.41. The number of hydrogen-bond acceptors (Lipinski definition) is 7. The number of carbonyl (C=O) groups is 2. The normalized spacial score (nSPS) is 14.4. The molecular weight excluding hydrogens is 482 g/mol. The number of hydrogen-bond donors (Lipinski definition) is 0. The smallest absolute Gasteiger partial charge is 0.337 e. The maximum atomic E-state index is 13.0. The molecule has 0 aliphatic carbocycles. The SMILES string of the molecule is COC(=O)c1ccc(CO[C@H](CN2CCN(C(=O)c3cccc(C#N)c3)CC2)c2cccc(OC)c2)cc1. The summed E-state index contributed by atoms with van der Waals surface area (Å²) in [6.07, 6.45) is -0.222. The lowest BCUT2D eigenvalue weighted by Crippen LogP contribution is -2.49. The molecule has 0 aromatic heterocycles. The van der Waals surface area contributed by atoms with E-state index in [1.807, 2.05) is 41.3 Å². The summed E-state index contributed by atoms with van der Waals surface area (Å²) in [6.45, 7) is 3.63. The van der Waals surface area contributed by atoms with Gasteiger partial charge in [-0.1, -0.05) is 30.3 Å². The molecule has 1 atom stereocenters. The van der Waals surface area contributed by atoms with Gasteiger partial charge in [0.25, 0.3) is 5.91 Å². The molecule has 0 spiro atoms. The van der Waals surface area contributed by atoms with Gasteiger partial charge in [0.1, 0.15) is 5.75 Å². The van der Waals surface area contributed by atoms with Crippen molar-refractivity contribution < 1.29 is 23.8 Å². The first kappa shape index (κ1) is 26.9. The van der Waals surface area contributed by atoms with Crippen LogP contribution >= 0.6 is 0 Å². The van der Waals surface area contributed by atoms with Crippen molar-refractivity contribution in [1.82, 2.24) is 9.80 Å². The lowest BCUT2D eigenvalue weighted by atomic mass is 10.1. The van der Waals surface area contributed by atoms with Gasteiger partial charge in [-0.25, -0.2) is 4.79 Å². The predicted octanol–water partition coefficient (Wildman–Crippen LogP) is 4.07. The van der Waals surface area contributed by atoms with Crippen molar-refractivity contribution in [2.24, 2.45) is 0 Å². The van der Waals surface area contributed by atoms with Gasteiger partial charge >= 0.3 is 5.97 Å². The highest BCUT2D eigenvalue weighted by Gasteiger charge is 2.25. The predicted molar refractivity (Wildman–Crippen MR) is 142 cm³/mol. The zero-order valence-corrected chi connectivity index (χ0v) is 21.6. The average molecular weight is 514 g/mol. The van der Waals surface area contributed by atoms with Crippen LogP contribution in [-0.4, -0.2) is 68.6 Å². The number of ether oxygens (including phenoxy) is 3. The minimum absolute atomic E-state index is 0.0576. The van der Waals surface area contributed by atoms with Gasteiger partial charge in [0.05, 0.1) is 44.1 Å². The Morgan fingerprint density at radius 1 is 0.921 bits per heavy atom. The van der Waals surface area contributed by atoms with Crippen molar-refractivity contribution in [1.29, 1.82) is 5.26 Å². The summed E-state index contributed by atoms with van der Waals surface area (Å²) in [4.78, 5) is 28.8. The van der Waals surface area contributed by atoms with E-state index < -0.39 is 0 Å². The molecule has 0 N–H and O–H groups in total. The fraction of sp³-hybridized carbons (Fsp3) is 0.300. The minimum atomic E-state index is -0.373. The molecule has 196 valence electrons. The van der Waals surface area contributed by atoms with Gasteiger partial charge in [-0.3, -0.25) is 9.69 Å². The second-order valence-electron chi connectivity index (χ2n) is 9.05. The molecule has 0 radical (unpaired) electrons. The maximum absolute atomic E-state index is 13.0. The van der Waals surface area contributed by atoms with E-state index in [2.05, 4.69) is 11.0 Å². The molecule has 0 saturated carbocycles. The van der Waals surface area contributed by atoms with E-state index in [9.17, 15) is 9.59 Å². The standard InChI is InChI=1S/C30H31N3O5/c1-36-27-8-4-6-25(18-27)28(38-21-22-9-11-24(12-10-22)30(35)37-2)20-32-13-15-33(16-14-32)29(34)26-7-3-5-23(17-26)19-31/h3-12,17-18,28H,13-16,20-21H2,1-2H3/t28-/m1/s1. The second-order valence-corrected chi connectivity index (χ2v) is 9.05. The topological polar surface area (TPSA) is 92.1 Å². The molecule has 1 fully saturated rings. The molecule has 3 aromatic rings. The van der Waals surface area contributed by atoms with Crippen molar-refractivity contribution >= 4 is 11.9 Å². The summed E-state index contributed by atoms with van der Waals surface area (Å²) < 4.78 is 16.6. The molecule has 8 nitrogen and oxygen atoms in total. The number of carbonyl (C=O) groups excluding carboxylic acids is 2. The molecule has 38 heavy (non-hydrogen) atoms. The van der Waals surface area contributed by atoms with Crippen molar-refractivity contribution in [2.75, 3.05) is 46.9 Å². The van der Waals surface area contributed by atoms with Crippen LogP contribution in [0.2, 0.25) is 0 Å². The lowest BCUT2D eigenvalue weighted by Gasteiger charge is -2.36. The van der Waals surface area contributed by atoms with Crippen molar-refractivity contribution in [3.8, 4) is 11.8 Å². The fourth-order valence-corrected chi connectivity index (χ4v) is 4.42. The van der Waals surface area contributed by atoms with E-state index in [4.69, 9.17) is 19.5 Å². The number of nitrogens with zero attached hydrogens (tertiary/aromatic N) is 3. The molecule has 1 aliphatic rings. The quantitative estimate of drug-likeness (QED) is 0.398. The highest BCUT2D eigenvalue weighted by atomic mass is 16.5. The Hall–Kier alpha value is -4.19. The summed E-state index contributed by atoms with van der Waals surface area (Å²) in [5.74, 6) is 0.327. The molecule has 1 heterocycles. The Kier molecular flexibility index (Phi) is 9.09. The van der Waals surface area contributed by atoms with Crippen LogP contribution in [0.1, 0.15) is 43.5 Å². The molecule has 0 bridgehead atoms. The van der Waals surface area contributed by atoms with E-state index in [1.165, 1.54) is 7.11 Å². The van der Waals surface area contributed by atoms with E-state index in [0.29, 0.717) is 56.0 Å². The first-order valence-electron chi connectivity index (χ1n) is 12.5. The van der Waals surface area contributed by atoms with Crippen LogP contribution in [0.5, 0.6) is 5.75 Å². The Morgan fingerprint density at radius 3 is 2.34 bits per heavy atom. The summed E-state index contributed by atoms with van der Waals surface area (Å²) in [5, 5.41) is 9.14. The largest absolute Gasteiger partial charge is 0.497 e. The molecule has 1 amide bonds. The first-order chi connectivity index (χ1) is 18.5. The molecule has 3 aromatic carbocycles. The van der Waals surface area contributed by atoms with Gasteiger partial charge in [-0.15, -0.1) is 0 Å². The zero-order chi connectivity index (χ0) is 26.9. The van der Waals surface area contributed by atoms with Crippen LogP contribution in [0.15, 0.2) is 72.8 Å². The van der Waals surface area contributed by atoms with Crippen LogP contribution in [0.25, 0.3) is 0 Å². The van der Waals surface area contributed by atoms with Crippen LogP contribution in [-0.2, 0) is 16.1 Å². The van der Waals surface area contributed by atoms with E-state index in [-0.39, 0.29) is 18.0 Å². The summed E-state index contributed by atoms with van der Waals surface area (Å²) in [6, 6.07) is 23.9. The fourth-order valence-electron chi connectivity index (χ4n) is 4.42. The number of rotatable bonds is 9. The van der Waals surface area contributed by atoms with E-state index >= 15 is 0 Å². The minimum Gasteiger partial charge on any atom is -0.497 e. The first-order valence-corrected chi connectivity index (χ1v) is 12.5. The van der Waals surface area contributed by atoms with Gasteiger partial charge in [-0.2, -0.15) is 5.26 Å². The zero-order valence-electron chi connectivity index (χ0n) is 21.6. The number of benzene rings is 3. The van der Waals surface area contributed by atoms with Crippen LogP contribution < -0.4 is 4.74 Å². The van der Waals surface area contributed by atoms with E-state index in [1.54, 1.807) is 43.5 Å². The Labute approximate surface area is 222 Å². The summed E-state index contributed by atoms with van der Waals surface area (Å²) in [5.41, 5.74) is 3.45. The Morgan fingerprint density at radius 2 is 1.66 bits per heavy atom. The van der Waals surface area contributed by atoms with Gasteiger partial charge in [0, 0.05) is 38.3 Å². The molecule has 1 saturated heterocycles. The van der Waals surface area contributed by atoms with Crippen molar-refractivity contribution in [3.63, 3.8) is 0 Å². The van der Waals surface area contributed by atoms with Crippen molar-refractivity contribution in [3.05, 3.63) is 101 Å². The molecule has 4 rings (SSSR count). The molecule has 1 aliphatic heterocycles. The number of esters is 1.